The lowest BCUT2D eigenvalue weighted by molar-refractivity contribution is -0.173. The Hall–Kier alpha value is -0.210. The molecule has 0 aliphatic heterocycles. The molecular weight excluding hydrogens is 777 g/mol. The molecule has 8 aliphatic carbocycles. The molecule has 0 heterocycles. The third-order valence-electron chi connectivity index (χ3n) is 22.2. The van der Waals surface area contributed by atoms with E-state index in [0.717, 1.165) is 61.2 Å². The van der Waals surface area contributed by atoms with Crippen LogP contribution in [0.1, 0.15) is 210 Å². The van der Waals surface area contributed by atoms with Gasteiger partial charge in [0.25, 0.3) is 0 Å². The van der Waals surface area contributed by atoms with Gasteiger partial charge in [-0.15, -0.1) is 0 Å². The van der Waals surface area contributed by atoms with E-state index >= 15 is 0 Å². The molecule has 8 aliphatic rings. The first-order chi connectivity index (χ1) is 28.7. The topological polar surface area (TPSA) is 93.1 Å². The van der Waals surface area contributed by atoms with E-state index in [9.17, 15) is 18.6 Å². The summed E-state index contributed by atoms with van der Waals surface area (Å²) in [6.45, 7) is 24.6. The molecule has 0 saturated heterocycles. The Balaban J connectivity index is 0.855. The number of aliphatic hydroxyl groups excluding tert-OH is 2. The number of hydrogen-bond acceptors (Lipinski definition) is 6. The summed E-state index contributed by atoms with van der Waals surface area (Å²) < 4.78 is 39.6. The van der Waals surface area contributed by atoms with E-state index < -0.39 is 34.8 Å². The number of fused-ring (bicyclic) bond motifs is 10. The predicted molar refractivity (Wildman–Crippen MR) is 248 cm³/mol. The monoisotopic (exact) mass is 871 g/mol. The first-order valence-electron chi connectivity index (χ1n) is 26.7. The highest BCUT2D eigenvalue weighted by molar-refractivity contribution is 7.81. The quantitative estimate of drug-likeness (QED) is 0.181. The van der Waals surface area contributed by atoms with Crippen LogP contribution in [0.4, 0.5) is 0 Å². The first-order valence-corrected chi connectivity index (χ1v) is 28.0. The number of hydrogen-bond donors (Lipinski definition) is 2. The molecular formula is C54H94O6S. The lowest BCUT2D eigenvalue weighted by atomic mass is 9.43. The molecule has 0 bridgehead atoms. The largest absolute Gasteiger partial charge is 0.400 e. The van der Waals surface area contributed by atoms with Gasteiger partial charge in [-0.05, 0) is 207 Å². The van der Waals surface area contributed by atoms with Crippen LogP contribution < -0.4 is 0 Å². The maximum Gasteiger partial charge on any atom is 0.400 e. The molecule has 2 N–H and O–H groups in total. The van der Waals surface area contributed by atoms with Crippen molar-refractivity contribution in [2.45, 2.75) is 235 Å². The van der Waals surface area contributed by atoms with Crippen LogP contribution in [0, 0.1) is 105 Å². The van der Waals surface area contributed by atoms with E-state index in [4.69, 9.17) is 8.37 Å². The van der Waals surface area contributed by atoms with Gasteiger partial charge in [0.05, 0.1) is 24.4 Å². The average Bonchev–Trinajstić information content (AvgIpc) is 3.72. The van der Waals surface area contributed by atoms with Crippen molar-refractivity contribution in [2.24, 2.45) is 105 Å². The average molecular weight is 871 g/mol. The molecule has 20 atom stereocenters. The molecule has 6 unspecified atom stereocenters. The van der Waals surface area contributed by atoms with Gasteiger partial charge in [-0.2, -0.15) is 8.42 Å². The SMILES string of the molecule is CC(C)CCC[C@@H](C)[C@H]1CC[C@H]2[C@@H]3CC(O)C4CC(OS(=O)(=O)OC5CC[C@@]6(C)C(C5)C(O)C[C@H]5[C@@H]7CC[C@H]([C@H](C)CCCC(C)C)[C@@]7(C)CC[C@@H]56)CC[C@]4(C)[C@H]3CC[C@]12C. The highest BCUT2D eigenvalue weighted by atomic mass is 32.3. The molecule has 8 saturated carbocycles. The lowest BCUT2D eigenvalue weighted by Gasteiger charge is -2.62. The molecule has 8 rings (SSSR count). The normalized spacial score (nSPS) is 49.3. The summed E-state index contributed by atoms with van der Waals surface area (Å²) in [5.41, 5.74) is 0.780. The van der Waals surface area contributed by atoms with Crippen molar-refractivity contribution >= 4 is 10.4 Å². The summed E-state index contributed by atoms with van der Waals surface area (Å²) in [6.07, 6.45) is 22.8. The second kappa shape index (κ2) is 17.8. The van der Waals surface area contributed by atoms with E-state index in [1.807, 2.05) is 0 Å². The summed E-state index contributed by atoms with van der Waals surface area (Å²) in [5.74, 6) is 8.49. The zero-order chi connectivity index (χ0) is 43.9. The molecule has 0 spiro atoms. The second-order valence-corrected chi connectivity index (χ2v) is 27.2. The van der Waals surface area contributed by atoms with Crippen LogP contribution in [-0.2, 0) is 18.8 Å². The van der Waals surface area contributed by atoms with Crippen LogP contribution in [0.2, 0.25) is 0 Å². The summed E-state index contributed by atoms with van der Waals surface area (Å²) in [4.78, 5) is 0. The van der Waals surface area contributed by atoms with Crippen LogP contribution >= 0.6 is 0 Å². The Morgan fingerprint density at radius 1 is 0.475 bits per heavy atom. The van der Waals surface area contributed by atoms with E-state index in [0.29, 0.717) is 72.0 Å². The third-order valence-corrected chi connectivity index (χ3v) is 23.2. The summed E-state index contributed by atoms with van der Waals surface area (Å²) in [5, 5.41) is 23.9. The maximum absolute atomic E-state index is 13.8. The first kappa shape index (κ1) is 47.3. The van der Waals surface area contributed by atoms with Gasteiger partial charge in [0.1, 0.15) is 0 Å². The molecule has 7 heteroatoms. The maximum atomic E-state index is 13.8. The van der Waals surface area contributed by atoms with Crippen molar-refractivity contribution < 1.29 is 27.0 Å². The minimum Gasteiger partial charge on any atom is -0.393 e. The van der Waals surface area contributed by atoms with E-state index in [2.05, 4.69) is 69.2 Å². The van der Waals surface area contributed by atoms with Gasteiger partial charge in [-0.1, -0.05) is 108 Å². The molecule has 8 fully saturated rings. The van der Waals surface area contributed by atoms with Gasteiger partial charge in [0.15, 0.2) is 0 Å². The van der Waals surface area contributed by atoms with E-state index in [1.54, 1.807) is 0 Å². The molecule has 0 aromatic carbocycles. The van der Waals surface area contributed by atoms with Crippen LogP contribution in [-0.4, -0.2) is 43.0 Å². The highest BCUT2D eigenvalue weighted by Crippen LogP contribution is 2.70. The van der Waals surface area contributed by atoms with Gasteiger partial charge < -0.3 is 10.2 Å². The van der Waals surface area contributed by atoms with Crippen molar-refractivity contribution in [2.75, 3.05) is 0 Å². The van der Waals surface area contributed by atoms with Crippen LogP contribution in [0.25, 0.3) is 0 Å². The van der Waals surface area contributed by atoms with Gasteiger partial charge in [-0.3, -0.25) is 0 Å². The van der Waals surface area contributed by atoms with Crippen molar-refractivity contribution in [3.8, 4) is 0 Å². The Labute approximate surface area is 375 Å². The number of rotatable bonds is 14. The van der Waals surface area contributed by atoms with Gasteiger partial charge in [0.2, 0.25) is 0 Å². The Morgan fingerprint density at radius 2 is 0.836 bits per heavy atom. The molecule has 6 nitrogen and oxygen atoms in total. The molecule has 61 heavy (non-hydrogen) atoms. The zero-order valence-electron chi connectivity index (χ0n) is 40.9. The smallest absolute Gasteiger partial charge is 0.393 e. The molecule has 0 aromatic heterocycles. The van der Waals surface area contributed by atoms with Crippen molar-refractivity contribution in [3.05, 3.63) is 0 Å². The fourth-order valence-corrected chi connectivity index (χ4v) is 20.2. The van der Waals surface area contributed by atoms with Gasteiger partial charge >= 0.3 is 10.4 Å². The Bertz CT molecular complexity index is 1500. The van der Waals surface area contributed by atoms with Gasteiger partial charge in [-0.25, -0.2) is 8.37 Å². The molecule has 352 valence electrons. The van der Waals surface area contributed by atoms with E-state index in [1.165, 1.54) is 89.9 Å². The van der Waals surface area contributed by atoms with Crippen molar-refractivity contribution in [1.29, 1.82) is 0 Å². The summed E-state index contributed by atoms with van der Waals surface area (Å²) in [7, 11) is -4.23. The number of aliphatic hydroxyl groups is 2. The molecule has 0 amide bonds. The van der Waals surface area contributed by atoms with Crippen LogP contribution in [0.15, 0.2) is 0 Å². The molecule has 0 radical (unpaired) electrons. The minimum atomic E-state index is -4.23. The minimum absolute atomic E-state index is 0.0135. The third kappa shape index (κ3) is 8.67. The second-order valence-electron chi connectivity index (χ2n) is 26.0. The fourth-order valence-electron chi connectivity index (χ4n) is 19.1. The Morgan fingerprint density at radius 3 is 1.21 bits per heavy atom. The molecule has 0 aromatic rings. The Kier molecular flexibility index (Phi) is 13.8. The predicted octanol–water partition coefficient (Wildman–Crippen LogP) is 13.2. The van der Waals surface area contributed by atoms with Crippen molar-refractivity contribution in [3.63, 3.8) is 0 Å². The van der Waals surface area contributed by atoms with Gasteiger partial charge in [0, 0.05) is 0 Å². The fraction of sp³-hybridized carbons (Fsp3) is 1.00. The van der Waals surface area contributed by atoms with E-state index in [-0.39, 0.29) is 22.7 Å². The van der Waals surface area contributed by atoms with Crippen LogP contribution in [0.3, 0.4) is 0 Å². The van der Waals surface area contributed by atoms with Crippen LogP contribution in [0.5, 0.6) is 0 Å². The van der Waals surface area contributed by atoms with Crippen molar-refractivity contribution in [1.82, 2.24) is 0 Å². The standard InChI is InChI=1S/C54H94O6S/c1-33(2)13-11-15-35(5)41-17-19-43-39-31-49(55)47-29-37(21-25-53(47,9)45(39)23-27-51(41,43)7)59-61(57,58)60-38-22-26-54(10)46-24-28-52(8)42(36(6)16-12-14-34(3)4)18-20-44(52)40(46)32-50(56)48(54)30-38/h33-50,55-56H,11-32H2,1-10H3/t35-,36-,37?,38?,39+,40+,41-,42-,43+,44+,45+,46+,47?,48?,49?,50?,51-,52-,53-,54-/m1/s1. The summed E-state index contributed by atoms with van der Waals surface area (Å²) in [6, 6.07) is 0. The zero-order valence-corrected chi connectivity index (χ0v) is 41.7. The highest BCUT2D eigenvalue weighted by Gasteiger charge is 2.64. The summed E-state index contributed by atoms with van der Waals surface area (Å²) >= 11 is 0. The lowest BCUT2D eigenvalue weighted by Crippen LogP contribution is -2.59.